The number of hydrogen-bond donors (Lipinski definition) is 1. The summed E-state index contributed by atoms with van der Waals surface area (Å²) in [7, 11) is 0. The summed E-state index contributed by atoms with van der Waals surface area (Å²) in [5, 5.41) is 14.1. The van der Waals surface area contributed by atoms with Gasteiger partial charge in [-0.25, -0.2) is 9.97 Å². The minimum atomic E-state index is -0.0742. The molecular formula is C34H33N3O2. The Hall–Kier alpha value is -4.38. The molecule has 3 heterocycles. The highest BCUT2D eigenvalue weighted by molar-refractivity contribution is 6.13. The molecule has 3 aromatic heterocycles. The number of phenols is 1. The van der Waals surface area contributed by atoms with Crippen LogP contribution in [0.5, 0.6) is 17.4 Å². The van der Waals surface area contributed by atoms with Gasteiger partial charge in [0, 0.05) is 34.5 Å². The predicted octanol–water partition coefficient (Wildman–Crippen LogP) is 8.76. The molecule has 1 N–H and O–H groups in total. The van der Waals surface area contributed by atoms with Gasteiger partial charge in [0.2, 0.25) is 5.88 Å². The second-order valence-electron chi connectivity index (χ2n) is 11.7. The zero-order chi connectivity index (χ0) is 27.6. The number of hydrogen-bond acceptors (Lipinski definition) is 4. The lowest BCUT2D eigenvalue weighted by molar-refractivity contribution is 0.459. The van der Waals surface area contributed by atoms with Gasteiger partial charge < -0.3 is 9.84 Å². The van der Waals surface area contributed by atoms with E-state index < -0.39 is 0 Å². The Morgan fingerprint density at radius 2 is 1.56 bits per heavy atom. The number of nitrogens with zero attached hydrogens (tertiary/aromatic N) is 3. The summed E-state index contributed by atoms with van der Waals surface area (Å²) < 4.78 is 8.57. The van der Waals surface area contributed by atoms with E-state index in [1.165, 1.54) is 21.9 Å². The van der Waals surface area contributed by atoms with Crippen molar-refractivity contribution in [1.29, 1.82) is 0 Å². The number of aryl methyl sites for hydroxylation is 4. The van der Waals surface area contributed by atoms with Crippen LogP contribution in [0, 0.1) is 27.7 Å². The summed E-state index contributed by atoms with van der Waals surface area (Å²) in [5.74, 6) is 2.15. The van der Waals surface area contributed by atoms with Crippen LogP contribution in [0.2, 0.25) is 0 Å². The topological polar surface area (TPSA) is 60.2 Å². The SMILES string of the molecule is Cc1ccc(-n2c3cc(Oc4ccc5cc(C(C)(C)C)cc(O)c5n4)cc(C)c3c3c(C)ccc(C)c32)nc1. The van der Waals surface area contributed by atoms with Crippen LogP contribution in [-0.4, -0.2) is 19.6 Å². The normalized spacial score (nSPS) is 12.1. The highest BCUT2D eigenvalue weighted by Crippen LogP contribution is 2.40. The molecule has 0 fully saturated rings. The first-order valence-electron chi connectivity index (χ1n) is 13.3. The van der Waals surface area contributed by atoms with Crippen molar-refractivity contribution in [3.63, 3.8) is 0 Å². The first-order valence-corrected chi connectivity index (χ1v) is 13.3. The molecule has 0 unspecified atom stereocenters. The van der Waals surface area contributed by atoms with Crippen LogP contribution >= 0.6 is 0 Å². The van der Waals surface area contributed by atoms with Gasteiger partial charge in [-0.3, -0.25) is 4.57 Å². The number of aromatic hydroxyl groups is 1. The number of benzene rings is 3. The quantitative estimate of drug-likeness (QED) is 0.256. The van der Waals surface area contributed by atoms with E-state index in [1.807, 2.05) is 25.3 Å². The fraction of sp³-hybridized carbons (Fsp3) is 0.235. The molecule has 0 aliphatic rings. The Bertz CT molecular complexity index is 1910. The minimum absolute atomic E-state index is 0.0742. The monoisotopic (exact) mass is 515 g/mol. The van der Waals surface area contributed by atoms with E-state index in [1.54, 1.807) is 6.07 Å². The van der Waals surface area contributed by atoms with Gasteiger partial charge >= 0.3 is 0 Å². The van der Waals surface area contributed by atoms with Crippen LogP contribution in [0.25, 0.3) is 38.5 Å². The maximum Gasteiger partial charge on any atom is 0.219 e. The van der Waals surface area contributed by atoms with Gasteiger partial charge in [0.1, 0.15) is 22.8 Å². The van der Waals surface area contributed by atoms with Crippen molar-refractivity contribution < 1.29 is 9.84 Å². The molecular weight excluding hydrogens is 482 g/mol. The average molecular weight is 516 g/mol. The summed E-state index contributed by atoms with van der Waals surface area (Å²) in [6, 6.07) is 20.3. The molecule has 5 heteroatoms. The highest BCUT2D eigenvalue weighted by atomic mass is 16.5. The fourth-order valence-electron chi connectivity index (χ4n) is 5.46. The molecule has 0 aliphatic carbocycles. The van der Waals surface area contributed by atoms with Gasteiger partial charge in [0.05, 0.1) is 11.0 Å². The van der Waals surface area contributed by atoms with Crippen LogP contribution in [0.1, 0.15) is 48.6 Å². The number of phenolic OH excluding ortho intramolecular Hbond substituents is 1. The van der Waals surface area contributed by atoms with Crippen molar-refractivity contribution in [2.45, 2.75) is 53.9 Å². The summed E-state index contributed by atoms with van der Waals surface area (Å²) in [5.41, 5.74) is 8.36. The van der Waals surface area contributed by atoms with E-state index >= 15 is 0 Å². The molecule has 0 bridgehead atoms. The van der Waals surface area contributed by atoms with Crippen molar-refractivity contribution in [3.05, 3.63) is 94.7 Å². The molecule has 196 valence electrons. The molecule has 6 aromatic rings. The maximum atomic E-state index is 10.8. The molecule has 0 spiro atoms. The van der Waals surface area contributed by atoms with E-state index in [4.69, 9.17) is 9.72 Å². The van der Waals surface area contributed by atoms with Crippen LogP contribution in [0.4, 0.5) is 0 Å². The molecule has 0 atom stereocenters. The molecule has 0 saturated carbocycles. The summed E-state index contributed by atoms with van der Waals surface area (Å²) in [4.78, 5) is 9.46. The first-order chi connectivity index (χ1) is 18.5. The predicted molar refractivity (Wildman–Crippen MR) is 160 cm³/mol. The third-order valence-corrected chi connectivity index (χ3v) is 7.55. The number of ether oxygens (including phenoxy) is 1. The van der Waals surface area contributed by atoms with Crippen molar-refractivity contribution in [3.8, 4) is 23.2 Å². The lowest BCUT2D eigenvalue weighted by Crippen LogP contribution is -2.10. The van der Waals surface area contributed by atoms with Crippen molar-refractivity contribution in [2.75, 3.05) is 0 Å². The standard InChI is InChI=1S/C34H33N3O2/c1-19-8-12-28(35-18-19)37-26-17-25(14-22(4)30(26)31-20(2)9-10-21(3)33(31)37)39-29-13-11-23-15-24(34(5,6)7)16-27(38)32(23)36-29/h8-18,38H,1-7H3. The second kappa shape index (κ2) is 8.84. The van der Waals surface area contributed by atoms with E-state index in [0.29, 0.717) is 17.1 Å². The Morgan fingerprint density at radius 3 is 2.28 bits per heavy atom. The molecule has 6 rings (SSSR count). The van der Waals surface area contributed by atoms with Gasteiger partial charge in [-0.1, -0.05) is 39.0 Å². The average Bonchev–Trinajstić information content (AvgIpc) is 3.23. The number of aromatic nitrogens is 3. The van der Waals surface area contributed by atoms with E-state index in [-0.39, 0.29) is 11.2 Å². The summed E-state index contributed by atoms with van der Waals surface area (Å²) >= 11 is 0. The zero-order valence-electron chi connectivity index (χ0n) is 23.5. The second-order valence-corrected chi connectivity index (χ2v) is 11.7. The minimum Gasteiger partial charge on any atom is -0.506 e. The molecule has 0 aliphatic heterocycles. The Balaban J connectivity index is 1.53. The fourth-order valence-corrected chi connectivity index (χ4v) is 5.46. The van der Waals surface area contributed by atoms with Crippen LogP contribution < -0.4 is 4.74 Å². The molecule has 0 amide bonds. The van der Waals surface area contributed by atoms with E-state index in [0.717, 1.165) is 38.9 Å². The van der Waals surface area contributed by atoms with Crippen LogP contribution in [0.3, 0.4) is 0 Å². The Morgan fingerprint density at radius 1 is 0.795 bits per heavy atom. The first kappa shape index (κ1) is 24.9. The molecule has 3 aromatic carbocycles. The summed E-state index contributed by atoms with van der Waals surface area (Å²) in [6.07, 6.45) is 1.90. The summed E-state index contributed by atoms with van der Waals surface area (Å²) in [6.45, 7) is 14.9. The number of fused-ring (bicyclic) bond motifs is 4. The van der Waals surface area contributed by atoms with Gasteiger partial charge in [0.25, 0.3) is 0 Å². The third kappa shape index (κ3) is 4.19. The van der Waals surface area contributed by atoms with Gasteiger partial charge in [-0.15, -0.1) is 0 Å². The Labute approximate surface area is 228 Å². The van der Waals surface area contributed by atoms with Crippen LogP contribution in [0.15, 0.2) is 66.9 Å². The largest absolute Gasteiger partial charge is 0.506 e. The maximum absolute atomic E-state index is 10.8. The molecule has 0 saturated heterocycles. The number of rotatable bonds is 3. The molecule has 5 nitrogen and oxygen atoms in total. The van der Waals surface area contributed by atoms with Gasteiger partial charge in [-0.05, 0) is 91.3 Å². The van der Waals surface area contributed by atoms with Crippen molar-refractivity contribution in [2.24, 2.45) is 0 Å². The smallest absolute Gasteiger partial charge is 0.219 e. The van der Waals surface area contributed by atoms with Gasteiger partial charge in [0.15, 0.2) is 0 Å². The zero-order valence-corrected chi connectivity index (χ0v) is 23.5. The molecule has 39 heavy (non-hydrogen) atoms. The lowest BCUT2D eigenvalue weighted by Gasteiger charge is -2.20. The third-order valence-electron chi connectivity index (χ3n) is 7.55. The Kier molecular flexibility index (Phi) is 5.65. The van der Waals surface area contributed by atoms with Crippen LogP contribution in [-0.2, 0) is 5.41 Å². The van der Waals surface area contributed by atoms with Gasteiger partial charge in [-0.2, -0.15) is 0 Å². The van der Waals surface area contributed by atoms with Crippen molar-refractivity contribution in [1.82, 2.24) is 14.5 Å². The van der Waals surface area contributed by atoms with E-state index in [9.17, 15) is 5.11 Å². The van der Waals surface area contributed by atoms with Crippen molar-refractivity contribution >= 4 is 32.7 Å². The molecule has 0 radical (unpaired) electrons. The van der Waals surface area contributed by atoms with E-state index in [2.05, 4.69) is 93.6 Å². The number of pyridine rings is 2. The highest BCUT2D eigenvalue weighted by Gasteiger charge is 2.20. The lowest BCUT2D eigenvalue weighted by atomic mass is 9.86.